The lowest BCUT2D eigenvalue weighted by Gasteiger charge is -2.44. The summed E-state index contributed by atoms with van der Waals surface area (Å²) in [6, 6.07) is 4.61. The van der Waals surface area contributed by atoms with Crippen molar-refractivity contribution in [1.29, 1.82) is 0 Å². The van der Waals surface area contributed by atoms with Crippen LogP contribution in [-0.4, -0.2) is 49.4 Å². The molecule has 1 aliphatic rings. The van der Waals surface area contributed by atoms with E-state index in [4.69, 9.17) is 9.47 Å². The Balaban J connectivity index is 2.45. The third-order valence-electron chi connectivity index (χ3n) is 4.37. The third kappa shape index (κ3) is 3.84. The molecule has 1 aromatic rings. The summed E-state index contributed by atoms with van der Waals surface area (Å²) < 4.78 is 36.8. The fraction of sp³-hybridized carbons (Fsp3) is 0.647. The SMILES string of the molecule is CCCCOc1ccc2c(c1)C(N(C)S(C)(=O)=O)[C@H](O)C(C)(C)O2. The van der Waals surface area contributed by atoms with Gasteiger partial charge in [-0.2, -0.15) is 4.31 Å². The van der Waals surface area contributed by atoms with Crippen LogP contribution in [0, 0.1) is 0 Å². The van der Waals surface area contributed by atoms with Gasteiger partial charge in [0.05, 0.1) is 18.9 Å². The highest BCUT2D eigenvalue weighted by molar-refractivity contribution is 7.88. The summed E-state index contributed by atoms with van der Waals surface area (Å²) in [5.74, 6) is 1.21. The van der Waals surface area contributed by atoms with Gasteiger partial charge in [0.2, 0.25) is 10.0 Å². The van der Waals surface area contributed by atoms with Crippen LogP contribution < -0.4 is 9.47 Å². The van der Waals surface area contributed by atoms with E-state index in [0.29, 0.717) is 23.7 Å². The van der Waals surface area contributed by atoms with E-state index in [2.05, 4.69) is 6.92 Å². The minimum absolute atomic E-state index is 0.564. The molecule has 0 bridgehead atoms. The lowest BCUT2D eigenvalue weighted by Crippen LogP contribution is -2.53. The zero-order valence-corrected chi connectivity index (χ0v) is 15.8. The van der Waals surface area contributed by atoms with Gasteiger partial charge in [-0.05, 0) is 38.5 Å². The molecule has 1 N–H and O–H groups in total. The molecule has 0 fully saturated rings. The number of benzene rings is 1. The Labute approximate surface area is 144 Å². The van der Waals surface area contributed by atoms with E-state index in [9.17, 15) is 13.5 Å². The second kappa shape index (κ2) is 6.90. The van der Waals surface area contributed by atoms with Crippen LogP contribution in [0.5, 0.6) is 11.5 Å². The second-order valence-electron chi connectivity index (χ2n) is 6.78. The van der Waals surface area contributed by atoms with Crippen LogP contribution in [0.3, 0.4) is 0 Å². The largest absolute Gasteiger partial charge is 0.494 e. The molecule has 7 heteroatoms. The van der Waals surface area contributed by atoms with E-state index >= 15 is 0 Å². The van der Waals surface area contributed by atoms with Crippen LogP contribution in [0.1, 0.15) is 45.2 Å². The maximum absolute atomic E-state index is 12.0. The molecule has 0 spiro atoms. The van der Waals surface area contributed by atoms with Crippen LogP contribution in [0.15, 0.2) is 18.2 Å². The van der Waals surface area contributed by atoms with E-state index in [1.165, 1.54) is 11.4 Å². The van der Waals surface area contributed by atoms with E-state index < -0.39 is 27.8 Å². The Bertz CT molecular complexity index is 686. The number of nitrogens with zero attached hydrogens (tertiary/aromatic N) is 1. The number of ether oxygens (including phenoxy) is 2. The quantitative estimate of drug-likeness (QED) is 0.791. The van der Waals surface area contributed by atoms with Gasteiger partial charge in [-0.1, -0.05) is 13.3 Å². The number of hydrogen-bond acceptors (Lipinski definition) is 5. The van der Waals surface area contributed by atoms with E-state index in [-0.39, 0.29) is 0 Å². The number of hydrogen-bond donors (Lipinski definition) is 1. The average Bonchev–Trinajstić information content (AvgIpc) is 2.47. The van der Waals surface area contributed by atoms with Crippen LogP contribution >= 0.6 is 0 Å². The first-order valence-electron chi connectivity index (χ1n) is 8.14. The first-order chi connectivity index (χ1) is 11.1. The monoisotopic (exact) mass is 357 g/mol. The molecule has 1 heterocycles. The summed E-state index contributed by atoms with van der Waals surface area (Å²) in [7, 11) is -2.01. The lowest BCUT2D eigenvalue weighted by atomic mass is 9.86. The van der Waals surface area contributed by atoms with Crippen LogP contribution in [0.4, 0.5) is 0 Å². The van der Waals surface area contributed by atoms with Gasteiger partial charge in [0.1, 0.15) is 23.2 Å². The number of aliphatic hydroxyl groups excluding tert-OH is 1. The molecule has 0 saturated heterocycles. The van der Waals surface area contributed by atoms with Gasteiger partial charge in [-0.25, -0.2) is 8.42 Å². The Hall–Kier alpha value is -1.31. The Morgan fingerprint density at radius 1 is 1.38 bits per heavy atom. The lowest BCUT2D eigenvalue weighted by molar-refractivity contribution is -0.0763. The summed E-state index contributed by atoms with van der Waals surface area (Å²) in [6.07, 6.45) is 2.09. The second-order valence-corrected chi connectivity index (χ2v) is 8.82. The van der Waals surface area contributed by atoms with Crippen molar-refractivity contribution in [3.63, 3.8) is 0 Å². The molecule has 136 valence electrons. The van der Waals surface area contributed by atoms with Crippen molar-refractivity contribution in [2.75, 3.05) is 19.9 Å². The fourth-order valence-corrected chi connectivity index (χ4v) is 3.41. The molecule has 0 radical (unpaired) electrons. The van der Waals surface area contributed by atoms with Crippen molar-refractivity contribution in [3.05, 3.63) is 23.8 Å². The van der Waals surface area contributed by atoms with Gasteiger partial charge < -0.3 is 14.6 Å². The molecule has 24 heavy (non-hydrogen) atoms. The topological polar surface area (TPSA) is 76.1 Å². The van der Waals surface area contributed by atoms with Crippen molar-refractivity contribution in [2.24, 2.45) is 0 Å². The van der Waals surface area contributed by atoms with Crippen LogP contribution in [0.25, 0.3) is 0 Å². The first kappa shape index (κ1) is 19.0. The van der Waals surface area contributed by atoms with Gasteiger partial charge >= 0.3 is 0 Å². The maximum Gasteiger partial charge on any atom is 0.211 e. The Morgan fingerprint density at radius 3 is 2.62 bits per heavy atom. The standard InChI is InChI=1S/C17H27NO5S/c1-6-7-10-22-12-8-9-14-13(11-12)15(18(4)24(5,20)21)16(19)17(2,3)23-14/h8-9,11,15-16,19H,6-7,10H2,1-5H3/t15?,16-/m0/s1. The molecule has 1 unspecified atom stereocenters. The molecule has 1 aromatic carbocycles. The molecular weight excluding hydrogens is 330 g/mol. The van der Waals surface area contributed by atoms with E-state index in [0.717, 1.165) is 19.1 Å². The number of sulfonamides is 1. The van der Waals surface area contributed by atoms with Crippen molar-refractivity contribution in [3.8, 4) is 11.5 Å². The van der Waals surface area contributed by atoms with Gasteiger partial charge in [-0.15, -0.1) is 0 Å². The summed E-state index contributed by atoms with van der Waals surface area (Å²) in [5, 5.41) is 10.7. The molecule has 0 saturated carbocycles. The minimum atomic E-state index is -3.49. The summed E-state index contributed by atoms with van der Waals surface area (Å²) in [5.41, 5.74) is -0.287. The first-order valence-corrected chi connectivity index (χ1v) is 9.99. The Kier molecular flexibility index (Phi) is 5.47. The van der Waals surface area contributed by atoms with E-state index in [1.807, 2.05) is 0 Å². The average molecular weight is 357 g/mol. The van der Waals surface area contributed by atoms with Gasteiger partial charge in [0, 0.05) is 12.6 Å². The minimum Gasteiger partial charge on any atom is -0.494 e. The highest BCUT2D eigenvalue weighted by Crippen LogP contribution is 2.44. The summed E-state index contributed by atoms with van der Waals surface area (Å²) >= 11 is 0. The number of likely N-dealkylation sites (N-methyl/N-ethyl adjacent to an activating group) is 1. The summed E-state index contributed by atoms with van der Waals surface area (Å²) in [4.78, 5) is 0. The predicted molar refractivity (Wildman–Crippen MR) is 92.9 cm³/mol. The predicted octanol–water partition coefficient (Wildman–Crippen LogP) is 2.33. The third-order valence-corrected chi connectivity index (χ3v) is 5.64. The molecule has 6 nitrogen and oxygen atoms in total. The molecule has 0 amide bonds. The Morgan fingerprint density at radius 2 is 2.04 bits per heavy atom. The van der Waals surface area contributed by atoms with Gasteiger partial charge in [-0.3, -0.25) is 0 Å². The van der Waals surface area contributed by atoms with Crippen LogP contribution in [0.2, 0.25) is 0 Å². The maximum atomic E-state index is 12.0. The molecule has 0 aliphatic carbocycles. The van der Waals surface area contributed by atoms with E-state index in [1.54, 1.807) is 32.0 Å². The number of unbranched alkanes of at least 4 members (excludes halogenated alkanes) is 1. The fourth-order valence-electron chi connectivity index (χ4n) is 2.77. The smallest absolute Gasteiger partial charge is 0.211 e. The van der Waals surface area contributed by atoms with Crippen molar-refractivity contribution < 1.29 is 23.0 Å². The molecule has 2 rings (SSSR count). The number of fused-ring (bicyclic) bond motifs is 1. The highest BCUT2D eigenvalue weighted by Gasteiger charge is 2.46. The zero-order valence-electron chi connectivity index (χ0n) is 14.9. The normalized spacial score (nSPS) is 22.8. The van der Waals surface area contributed by atoms with Crippen molar-refractivity contribution in [2.45, 2.75) is 51.4 Å². The van der Waals surface area contributed by atoms with Crippen molar-refractivity contribution in [1.82, 2.24) is 4.31 Å². The van der Waals surface area contributed by atoms with Crippen LogP contribution in [-0.2, 0) is 10.0 Å². The summed E-state index contributed by atoms with van der Waals surface area (Å²) in [6.45, 7) is 6.17. The molecule has 2 atom stereocenters. The number of rotatable bonds is 6. The molecular formula is C17H27NO5S. The molecule has 0 aromatic heterocycles. The van der Waals surface area contributed by atoms with Gasteiger partial charge in [0.25, 0.3) is 0 Å². The number of aliphatic hydroxyl groups is 1. The van der Waals surface area contributed by atoms with Crippen molar-refractivity contribution >= 4 is 10.0 Å². The van der Waals surface area contributed by atoms with Gasteiger partial charge in [0.15, 0.2) is 0 Å². The molecule has 1 aliphatic heterocycles. The highest BCUT2D eigenvalue weighted by atomic mass is 32.2. The zero-order chi connectivity index (χ0) is 18.1.